The first kappa shape index (κ1) is 16.9. The highest BCUT2D eigenvalue weighted by Gasteiger charge is 2.52. The molecule has 4 aliphatic carbocycles. The zero-order valence-electron chi connectivity index (χ0n) is 15.5. The minimum absolute atomic E-state index is 0.0606. The zero-order chi connectivity index (χ0) is 17.4. The summed E-state index contributed by atoms with van der Waals surface area (Å²) in [6, 6.07) is 7.68. The van der Waals surface area contributed by atoms with Crippen LogP contribution in [0.4, 0.5) is 5.69 Å². The molecule has 1 N–H and O–H groups in total. The number of anilines is 1. The van der Waals surface area contributed by atoms with Gasteiger partial charge in [-0.05, 0) is 82.4 Å². The predicted octanol–water partition coefficient (Wildman–Crippen LogP) is 3.92. The summed E-state index contributed by atoms with van der Waals surface area (Å²) in [4.78, 5) is 15.0. The molecule has 0 radical (unpaired) electrons. The number of rotatable bonds is 6. The third-order valence-corrected chi connectivity index (χ3v) is 6.66. The molecular weight excluding hydrogens is 312 g/mol. The van der Waals surface area contributed by atoms with Crippen molar-refractivity contribution >= 4 is 11.6 Å². The molecule has 0 atom stereocenters. The van der Waals surface area contributed by atoms with Gasteiger partial charge in [0.25, 0.3) is 0 Å². The summed E-state index contributed by atoms with van der Waals surface area (Å²) in [5, 5.41) is 3.05. The monoisotopic (exact) mass is 342 g/mol. The van der Waals surface area contributed by atoms with Crippen LogP contribution in [-0.4, -0.2) is 36.5 Å². The van der Waals surface area contributed by atoms with Crippen molar-refractivity contribution in [2.75, 3.05) is 25.5 Å². The Labute approximate surface area is 150 Å². The van der Waals surface area contributed by atoms with Gasteiger partial charge < -0.3 is 10.1 Å². The van der Waals surface area contributed by atoms with Crippen LogP contribution in [0.3, 0.4) is 0 Å². The van der Waals surface area contributed by atoms with Crippen molar-refractivity contribution < 1.29 is 9.53 Å². The van der Waals surface area contributed by atoms with Crippen molar-refractivity contribution in [1.29, 1.82) is 0 Å². The molecule has 4 fully saturated rings. The Bertz CT molecular complexity index is 607. The highest BCUT2D eigenvalue weighted by Crippen LogP contribution is 2.57. The van der Waals surface area contributed by atoms with Crippen LogP contribution < -0.4 is 10.1 Å². The van der Waals surface area contributed by atoms with E-state index in [2.05, 4.69) is 17.3 Å². The molecule has 136 valence electrons. The summed E-state index contributed by atoms with van der Waals surface area (Å²) in [5.74, 6) is 3.50. The zero-order valence-corrected chi connectivity index (χ0v) is 15.5. The maximum Gasteiger partial charge on any atom is 0.238 e. The maximum absolute atomic E-state index is 12.7. The van der Waals surface area contributed by atoms with Crippen LogP contribution in [0.1, 0.15) is 45.4 Å². The highest BCUT2D eigenvalue weighted by molar-refractivity contribution is 5.93. The number of para-hydroxylation sites is 2. The third-order valence-electron chi connectivity index (χ3n) is 6.66. The van der Waals surface area contributed by atoms with E-state index in [1.165, 1.54) is 38.5 Å². The molecule has 0 aromatic heterocycles. The van der Waals surface area contributed by atoms with E-state index in [-0.39, 0.29) is 11.4 Å². The number of hydrogen-bond donors (Lipinski definition) is 1. The molecule has 1 amide bonds. The van der Waals surface area contributed by atoms with Crippen molar-refractivity contribution in [2.45, 2.75) is 51.0 Å². The minimum atomic E-state index is 0.0606. The van der Waals surface area contributed by atoms with Gasteiger partial charge in [0.15, 0.2) is 0 Å². The molecule has 1 aromatic carbocycles. The molecule has 5 rings (SSSR count). The fourth-order valence-electron chi connectivity index (χ4n) is 5.96. The number of nitrogens with zero attached hydrogens (tertiary/aromatic N) is 1. The molecule has 4 aliphatic rings. The number of nitrogens with one attached hydrogen (secondary N) is 1. The van der Waals surface area contributed by atoms with Gasteiger partial charge in [0.1, 0.15) is 5.75 Å². The lowest BCUT2D eigenvalue weighted by atomic mass is 9.52. The first-order valence-electron chi connectivity index (χ1n) is 9.81. The molecule has 0 aliphatic heterocycles. The van der Waals surface area contributed by atoms with Gasteiger partial charge in [-0.15, -0.1) is 0 Å². The van der Waals surface area contributed by atoms with E-state index < -0.39 is 0 Å². The van der Waals surface area contributed by atoms with Gasteiger partial charge in [0.2, 0.25) is 5.91 Å². The molecule has 0 heterocycles. The topological polar surface area (TPSA) is 41.6 Å². The van der Waals surface area contributed by atoms with E-state index >= 15 is 0 Å². The summed E-state index contributed by atoms with van der Waals surface area (Å²) >= 11 is 0. The molecule has 4 saturated carbocycles. The average molecular weight is 342 g/mol. The number of amides is 1. The van der Waals surface area contributed by atoms with Crippen molar-refractivity contribution in [2.24, 2.45) is 17.8 Å². The van der Waals surface area contributed by atoms with E-state index in [0.717, 1.165) is 29.2 Å². The fourth-order valence-corrected chi connectivity index (χ4v) is 5.96. The number of likely N-dealkylation sites (N-methyl/N-ethyl adjacent to an activating group) is 1. The molecule has 0 saturated heterocycles. The van der Waals surface area contributed by atoms with Gasteiger partial charge in [-0.25, -0.2) is 0 Å². The largest absolute Gasteiger partial charge is 0.492 e. The predicted molar refractivity (Wildman–Crippen MR) is 99.8 cm³/mol. The van der Waals surface area contributed by atoms with Crippen molar-refractivity contribution in [3.63, 3.8) is 0 Å². The highest BCUT2D eigenvalue weighted by atomic mass is 16.5. The lowest BCUT2D eigenvalue weighted by Gasteiger charge is -2.59. The Hall–Kier alpha value is -1.55. The fraction of sp³-hybridized carbons (Fsp3) is 0.667. The van der Waals surface area contributed by atoms with Crippen LogP contribution in [0, 0.1) is 17.8 Å². The second-order valence-electron chi connectivity index (χ2n) is 8.48. The number of benzene rings is 1. The summed E-state index contributed by atoms with van der Waals surface area (Å²) < 4.78 is 5.61. The molecule has 25 heavy (non-hydrogen) atoms. The van der Waals surface area contributed by atoms with Crippen LogP contribution in [0.5, 0.6) is 5.75 Å². The smallest absolute Gasteiger partial charge is 0.238 e. The first-order chi connectivity index (χ1) is 12.1. The normalized spacial score (nSPS) is 32.8. The van der Waals surface area contributed by atoms with E-state index in [9.17, 15) is 4.79 Å². The molecular formula is C21H30N2O2. The summed E-state index contributed by atoms with van der Waals surface area (Å²) in [5.41, 5.74) is 1.04. The number of carbonyl (C=O) groups is 1. The van der Waals surface area contributed by atoms with Gasteiger partial charge in [0, 0.05) is 5.54 Å². The Kier molecular flexibility index (Phi) is 4.48. The number of carbonyl (C=O) groups excluding carboxylic acids is 1. The lowest BCUT2D eigenvalue weighted by Crippen LogP contribution is -2.59. The van der Waals surface area contributed by atoms with Gasteiger partial charge in [-0.1, -0.05) is 12.1 Å². The molecule has 1 aromatic rings. The van der Waals surface area contributed by atoms with Crippen molar-refractivity contribution in [1.82, 2.24) is 4.90 Å². The quantitative estimate of drug-likeness (QED) is 0.852. The Morgan fingerprint density at radius 1 is 1.16 bits per heavy atom. The van der Waals surface area contributed by atoms with E-state index in [0.29, 0.717) is 13.2 Å². The van der Waals surface area contributed by atoms with Crippen LogP contribution in [0.2, 0.25) is 0 Å². The van der Waals surface area contributed by atoms with Crippen LogP contribution >= 0.6 is 0 Å². The standard InChI is InChI=1S/C21H30N2O2/c1-3-25-19-7-5-4-6-18(19)22-20(24)14-23(2)21-11-15-8-16(12-21)10-17(9-15)13-21/h4-7,15-17H,3,8-14H2,1-2H3,(H,22,24). The summed E-state index contributed by atoms with van der Waals surface area (Å²) in [6.45, 7) is 3.02. The lowest BCUT2D eigenvalue weighted by molar-refractivity contribution is -0.123. The summed E-state index contributed by atoms with van der Waals surface area (Å²) in [7, 11) is 2.15. The number of hydrogen-bond acceptors (Lipinski definition) is 3. The maximum atomic E-state index is 12.7. The van der Waals surface area contributed by atoms with Crippen LogP contribution in [0.15, 0.2) is 24.3 Å². The molecule has 4 heteroatoms. The third kappa shape index (κ3) is 3.29. The van der Waals surface area contributed by atoms with Crippen LogP contribution in [-0.2, 0) is 4.79 Å². The van der Waals surface area contributed by atoms with E-state index in [4.69, 9.17) is 4.74 Å². The average Bonchev–Trinajstić information content (AvgIpc) is 2.55. The molecule has 4 nitrogen and oxygen atoms in total. The van der Waals surface area contributed by atoms with Crippen molar-refractivity contribution in [3.8, 4) is 5.75 Å². The molecule has 0 unspecified atom stereocenters. The number of ether oxygens (including phenoxy) is 1. The summed E-state index contributed by atoms with van der Waals surface area (Å²) in [6.07, 6.45) is 8.16. The SMILES string of the molecule is CCOc1ccccc1NC(=O)CN(C)C12CC3CC(CC(C3)C1)C2. The van der Waals surface area contributed by atoms with Gasteiger partial charge in [-0.2, -0.15) is 0 Å². The van der Waals surface area contributed by atoms with Crippen LogP contribution in [0.25, 0.3) is 0 Å². The molecule has 4 bridgehead atoms. The van der Waals surface area contributed by atoms with Crippen molar-refractivity contribution in [3.05, 3.63) is 24.3 Å². The van der Waals surface area contributed by atoms with Gasteiger partial charge in [0.05, 0.1) is 18.8 Å². The van der Waals surface area contributed by atoms with E-state index in [1.54, 1.807) is 0 Å². The molecule has 0 spiro atoms. The Balaban J connectivity index is 1.41. The van der Waals surface area contributed by atoms with Gasteiger partial charge >= 0.3 is 0 Å². The second kappa shape index (κ2) is 6.64. The second-order valence-corrected chi connectivity index (χ2v) is 8.48. The Morgan fingerprint density at radius 2 is 1.76 bits per heavy atom. The Morgan fingerprint density at radius 3 is 2.36 bits per heavy atom. The first-order valence-corrected chi connectivity index (χ1v) is 9.81. The van der Waals surface area contributed by atoms with E-state index in [1.807, 2.05) is 31.2 Å². The minimum Gasteiger partial charge on any atom is -0.492 e. The van der Waals surface area contributed by atoms with Gasteiger partial charge in [-0.3, -0.25) is 9.69 Å².